The van der Waals surface area contributed by atoms with Crippen LogP contribution in [0.5, 0.6) is 0 Å². The SMILES string of the molecule is CCCCCCCCCCCCCCCCCCCCCCCCC(=O)OC(COCCCCCCCCCCCCCCCC)COP(=O)(O)OCCN. The van der Waals surface area contributed by atoms with Crippen molar-refractivity contribution >= 4 is 13.8 Å². The molecule has 2 unspecified atom stereocenters. The summed E-state index contributed by atoms with van der Waals surface area (Å²) in [5.74, 6) is -0.322. The molecule has 0 bridgehead atoms. The van der Waals surface area contributed by atoms with Gasteiger partial charge in [-0.05, 0) is 12.8 Å². The second kappa shape index (κ2) is 44.6. The highest BCUT2D eigenvalue weighted by atomic mass is 31.2. The molecule has 3 N–H and O–H groups in total. The summed E-state index contributed by atoms with van der Waals surface area (Å²) in [6.07, 6.45) is 47.0. The molecule has 0 amide bonds. The van der Waals surface area contributed by atoms with E-state index in [1.54, 1.807) is 0 Å². The highest BCUT2D eigenvalue weighted by Gasteiger charge is 2.25. The number of carbonyl (C=O) groups excluding carboxylic acids is 1. The van der Waals surface area contributed by atoms with Crippen molar-refractivity contribution in [3.63, 3.8) is 0 Å². The second-order valence-electron chi connectivity index (χ2n) is 16.3. The number of nitrogens with two attached hydrogens (primary N) is 1. The fraction of sp³-hybridized carbons (Fsp3) is 0.978. The van der Waals surface area contributed by atoms with Gasteiger partial charge in [0, 0.05) is 19.6 Å². The zero-order chi connectivity index (χ0) is 40.2. The van der Waals surface area contributed by atoms with Crippen molar-refractivity contribution in [2.75, 3.05) is 33.0 Å². The van der Waals surface area contributed by atoms with Crippen molar-refractivity contribution < 1.29 is 32.8 Å². The van der Waals surface area contributed by atoms with Crippen LogP contribution in [0.4, 0.5) is 0 Å². The maximum absolute atomic E-state index is 12.6. The van der Waals surface area contributed by atoms with Crippen LogP contribution in [0, 0.1) is 0 Å². The molecule has 55 heavy (non-hydrogen) atoms. The van der Waals surface area contributed by atoms with Gasteiger partial charge in [-0.1, -0.05) is 232 Å². The monoisotopic (exact) mass is 804 g/mol. The number of phosphoric ester groups is 1. The molecular formula is C46H94NO7P. The van der Waals surface area contributed by atoms with Crippen LogP contribution in [-0.2, 0) is 27.9 Å². The van der Waals surface area contributed by atoms with Crippen molar-refractivity contribution in [3.05, 3.63) is 0 Å². The van der Waals surface area contributed by atoms with Gasteiger partial charge in [-0.25, -0.2) is 4.57 Å². The minimum absolute atomic E-state index is 0.0899. The number of esters is 1. The summed E-state index contributed by atoms with van der Waals surface area (Å²) < 4.78 is 33.5. The summed E-state index contributed by atoms with van der Waals surface area (Å²) in [5, 5.41) is 0. The third kappa shape index (κ3) is 44.4. The normalized spacial score (nSPS) is 13.3. The van der Waals surface area contributed by atoms with Crippen molar-refractivity contribution in [1.29, 1.82) is 0 Å². The van der Waals surface area contributed by atoms with Gasteiger partial charge in [0.05, 0.1) is 19.8 Å². The molecule has 0 saturated carbocycles. The summed E-state index contributed by atoms with van der Waals surface area (Å²) in [7, 11) is -4.27. The van der Waals surface area contributed by atoms with Crippen LogP contribution in [-0.4, -0.2) is 49.9 Å². The van der Waals surface area contributed by atoms with E-state index in [9.17, 15) is 14.3 Å². The van der Waals surface area contributed by atoms with Crippen LogP contribution >= 0.6 is 7.82 Å². The Kier molecular flexibility index (Phi) is 44.2. The number of hydrogen-bond donors (Lipinski definition) is 2. The van der Waals surface area contributed by atoms with Gasteiger partial charge >= 0.3 is 13.8 Å². The standard InChI is InChI=1S/C46H94NO7P/c1-3-5-7-9-11-13-15-17-19-20-21-22-23-24-25-26-27-29-31-33-35-37-39-46(48)54-45(44-53-55(49,50)52-42-40-47)43-51-41-38-36-34-32-30-28-18-16-14-12-10-8-6-4-2/h45H,3-44,47H2,1-2H3,(H,49,50). The number of ether oxygens (including phenoxy) is 2. The number of phosphoric acid groups is 1. The fourth-order valence-electron chi connectivity index (χ4n) is 7.24. The van der Waals surface area contributed by atoms with Gasteiger partial charge in [-0.3, -0.25) is 13.8 Å². The van der Waals surface area contributed by atoms with E-state index in [-0.39, 0.29) is 32.3 Å². The molecule has 0 fully saturated rings. The van der Waals surface area contributed by atoms with Gasteiger partial charge in [0.1, 0.15) is 6.10 Å². The van der Waals surface area contributed by atoms with E-state index in [1.165, 1.54) is 199 Å². The molecule has 2 atom stereocenters. The van der Waals surface area contributed by atoms with Crippen LogP contribution in [0.3, 0.4) is 0 Å². The molecule has 0 aromatic rings. The van der Waals surface area contributed by atoms with E-state index >= 15 is 0 Å². The van der Waals surface area contributed by atoms with Gasteiger partial charge in [0.25, 0.3) is 0 Å². The first kappa shape index (κ1) is 54.5. The van der Waals surface area contributed by atoms with Gasteiger partial charge in [-0.15, -0.1) is 0 Å². The number of rotatable bonds is 47. The molecule has 8 nitrogen and oxygen atoms in total. The maximum atomic E-state index is 12.6. The van der Waals surface area contributed by atoms with Gasteiger partial charge in [-0.2, -0.15) is 0 Å². The van der Waals surface area contributed by atoms with Crippen molar-refractivity contribution in [1.82, 2.24) is 0 Å². The quantitative estimate of drug-likeness (QED) is 0.0355. The Balaban J connectivity index is 3.88. The number of unbranched alkanes of at least 4 members (excludes halogenated alkanes) is 34. The lowest BCUT2D eigenvalue weighted by atomic mass is 10.0. The van der Waals surface area contributed by atoms with Crippen LogP contribution < -0.4 is 5.73 Å². The molecule has 330 valence electrons. The lowest BCUT2D eigenvalue weighted by molar-refractivity contribution is -0.154. The summed E-state index contributed by atoms with van der Waals surface area (Å²) in [4.78, 5) is 22.5. The molecule has 0 saturated heterocycles. The second-order valence-corrected chi connectivity index (χ2v) is 17.8. The van der Waals surface area contributed by atoms with Gasteiger partial charge < -0.3 is 20.1 Å². The van der Waals surface area contributed by atoms with E-state index in [0.717, 1.165) is 32.1 Å². The first-order valence-electron chi connectivity index (χ1n) is 24.0. The summed E-state index contributed by atoms with van der Waals surface area (Å²) in [5.41, 5.74) is 5.38. The van der Waals surface area contributed by atoms with Crippen LogP contribution in [0.15, 0.2) is 0 Å². The topological polar surface area (TPSA) is 117 Å². The Hall–Kier alpha value is -0.500. The Morgan fingerprint density at radius 3 is 1.15 bits per heavy atom. The molecular weight excluding hydrogens is 709 g/mol. The van der Waals surface area contributed by atoms with E-state index in [1.807, 2.05) is 0 Å². The predicted molar refractivity (Wildman–Crippen MR) is 234 cm³/mol. The Morgan fingerprint density at radius 2 is 0.800 bits per heavy atom. The largest absolute Gasteiger partial charge is 0.472 e. The molecule has 9 heteroatoms. The lowest BCUT2D eigenvalue weighted by Crippen LogP contribution is -2.28. The van der Waals surface area contributed by atoms with Gasteiger partial charge in [0.15, 0.2) is 0 Å². The van der Waals surface area contributed by atoms with E-state index < -0.39 is 13.9 Å². The molecule has 0 aliphatic carbocycles. The van der Waals surface area contributed by atoms with E-state index in [0.29, 0.717) is 13.0 Å². The molecule has 0 aromatic carbocycles. The van der Waals surface area contributed by atoms with Crippen LogP contribution in [0.25, 0.3) is 0 Å². The zero-order valence-electron chi connectivity index (χ0n) is 36.7. The van der Waals surface area contributed by atoms with Crippen molar-refractivity contribution in [3.8, 4) is 0 Å². The summed E-state index contributed by atoms with van der Waals surface area (Å²) >= 11 is 0. The minimum Gasteiger partial charge on any atom is -0.457 e. The molecule has 0 radical (unpaired) electrons. The molecule has 0 rings (SSSR count). The Morgan fingerprint density at radius 1 is 0.473 bits per heavy atom. The van der Waals surface area contributed by atoms with Crippen molar-refractivity contribution in [2.24, 2.45) is 5.73 Å². The third-order valence-corrected chi connectivity index (χ3v) is 11.8. The highest BCUT2D eigenvalue weighted by Crippen LogP contribution is 2.43. The fourth-order valence-corrected chi connectivity index (χ4v) is 8.00. The molecule has 0 aliphatic heterocycles. The number of carbonyl (C=O) groups is 1. The maximum Gasteiger partial charge on any atom is 0.472 e. The molecule has 0 spiro atoms. The zero-order valence-corrected chi connectivity index (χ0v) is 37.6. The van der Waals surface area contributed by atoms with E-state index in [4.69, 9.17) is 24.3 Å². The van der Waals surface area contributed by atoms with Crippen LogP contribution in [0.1, 0.15) is 251 Å². The summed E-state index contributed by atoms with van der Waals surface area (Å²) in [6, 6.07) is 0. The van der Waals surface area contributed by atoms with E-state index in [2.05, 4.69) is 13.8 Å². The average molecular weight is 804 g/mol. The summed E-state index contributed by atoms with van der Waals surface area (Å²) in [6.45, 7) is 5.00. The lowest BCUT2D eigenvalue weighted by Gasteiger charge is -2.20. The average Bonchev–Trinajstić information content (AvgIpc) is 3.17. The Bertz CT molecular complexity index is 817. The molecule has 0 aromatic heterocycles. The number of hydrogen-bond acceptors (Lipinski definition) is 7. The Labute approximate surface area is 341 Å². The van der Waals surface area contributed by atoms with Gasteiger partial charge in [0.2, 0.25) is 0 Å². The molecule has 0 heterocycles. The van der Waals surface area contributed by atoms with Crippen LogP contribution in [0.2, 0.25) is 0 Å². The highest BCUT2D eigenvalue weighted by molar-refractivity contribution is 7.47. The first-order valence-corrected chi connectivity index (χ1v) is 25.5. The van der Waals surface area contributed by atoms with Crippen molar-refractivity contribution in [2.45, 2.75) is 258 Å². The first-order chi connectivity index (χ1) is 26.9. The smallest absolute Gasteiger partial charge is 0.457 e. The predicted octanol–water partition coefficient (Wildman–Crippen LogP) is 14.5. The minimum atomic E-state index is -4.27. The third-order valence-electron chi connectivity index (χ3n) is 10.8. The molecule has 0 aliphatic rings.